The van der Waals surface area contributed by atoms with Crippen LogP contribution in [-0.4, -0.2) is 20.5 Å². The van der Waals surface area contributed by atoms with Crippen LogP contribution in [0.25, 0.3) is 5.65 Å². The van der Waals surface area contributed by atoms with Crippen LogP contribution in [0, 0.1) is 5.92 Å². The summed E-state index contributed by atoms with van der Waals surface area (Å²) in [7, 11) is 0. The van der Waals surface area contributed by atoms with E-state index in [1.807, 2.05) is 28.8 Å². The van der Waals surface area contributed by atoms with Gasteiger partial charge in [0.1, 0.15) is 0 Å². The van der Waals surface area contributed by atoms with E-state index < -0.39 is 0 Å². The van der Waals surface area contributed by atoms with Crippen molar-refractivity contribution in [3.05, 3.63) is 42.4 Å². The minimum Gasteiger partial charge on any atom is -0.349 e. The Balaban J connectivity index is 1.65. The Morgan fingerprint density at radius 1 is 1.37 bits per heavy atom. The first-order valence-corrected chi connectivity index (χ1v) is 6.56. The number of carbonyl (C=O) groups excluding carboxylic acids is 1. The standard InChI is InChI=1S/C14H16N4O/c19-14(11-6-2-1-3-7-11)15-10-13-17-16-12-8-4-5-9-18(12)13/h1-2,4-5,8-9,11H,3,6-7,10H2,(H,15,19). The molecular weight excluding hydrogens is 240 g/mol. The van der Waals surface area contributed by atoms with Crippen LogP contribution in [0.15, 0.2) is 36.5 Å². The van der Waals surface area contributed by atoms with Crippen molar-refractivity contribution >= 4 is 11.6 Å². The fraction of sp³-hybridized carbons (Fsp3) is 0.357. The smallest absolute Gasteiger partial charge is 0.223 e. The van der Waals surface area contributed by atoms with Crippen molar-refractivity contribution in [3.63, 3.8) is 0 Å². The number of fused-ring (bicyclic) bond motifs is 1. The number of nitrogens with zero attached hydrogens (tertiary/aromatic N) is 3. The van der Waals surface area contributed by atoms with Gasteiger partial charge >= 0.3 is 0 Å². The van der Waals surface area contributed by atoms with Crippen molar-refractivity contribution in [1.82, 2.24) is 19.9 Å². The summed E-state index contributed by atoms with van der Waals surface area (Å²) >= 11 is 0. The summed E-state index contributed by atoms with van der Waals surface area (Å²) in [6, 6.07) is 5.73. The topological polar surface area (TPSA) is 59.3 Å². The maximum absolute atomic E-state index is 12.0. The summed E-state index contributed by atoms with van der Waals surface area (Å²) in [6.07, 6.45) is 8.89. The second-order valence-corrected chi connectivity index (χ2v) is 4.74. The summed E-state index contributed by atoms with van der Waals surface area (Å²) < 4.78 is 1.89. The molecule has 0 aliphatic heterocycles. The molecule has 0 fully saturated rings. The van der Waals surface area contributed by atoms with E-state index >= 15 is 0 Å². The summed E-state index contributed by atoms with van der Waals surface area (Å²) in [6.45, 7) is 0.421. The second kappa shape index (κ2) is 5.22. The lowest BCUT2D eigenvalue weighted by Crippen LogP contribution is -2.31. The van der Waals surface area contributed by atoms with Crippen molar-refractivity contribution in [2.24, 2.45) is 5.92 Å². The van der Waals surface area contributed by atoms with E-state index in [0.717, 1.165) is 30.7 Å². The van der Waals surface area contributed by atoms with Gasteiger partial charge < -0.3 is 5.32 Å². The Bertz CT molecular complexity index is 617. The maximum atomic E-state index is 12.0. The highest BCUT2D eigenvalue weighted by Crippen LogP contribution is 2.18. The van der Waals surface area contributed by atoms with E-state index in [9.17, 15) is 4.79 Å². The Labute approximate surface area is 111 Å². The van der Waals surface area contributed by atoms with Crippen molar-refractivity contribution in [2.75, 3.05) is 0 Å². The molecular formula is C14H16N4O. The van der Waals surface area contributed by atoms with E-state index in [2.05, 4.69) is 27.7 Å². The summed E-state index contributed by atoms with van der Waals surface area (Å²) in [5.74, 6) is 0.969. The number of rotatable bonds is 3. The molecule has 1 N–H and O–H groups in total. The Morgan fingerprint density at radius 2 is 2.32 bits per heavy atom. The summed E-state index contributed by atoms with van der Waals surface area (Å²) in [5.41, 5.74) is 0.798. The van der Waals surface area contributed by atoms with Gasteiger partial charge in [-0.3, -0.25) is 9.20 Å². The molecule has 5 heteroatoms. The zero-order valence-electron chi connectivity index (χ0n) is 10.6. The molecule has 5 nitrogen and oxygen atoms in total. The molecule has 2 heterocycles. The number of hydrogen-bond donors (Lipinski definition) is 1. The zero-order valence-corrected chi connectivity index (χ0v) is 10.6. The quantitative estimate of drug-likeness (QED) is 0.850. The molecule has 1 unspecified atom stereocenters. The molecule has 1 amide bonds. The Hall–Kier alpha value is -2.17. The number of nitrogens with one attached hydrogen (secondary N) is 1. The van der Waals surface area contributed by atoms with Crippen LogP contribution in [-0.2, 0) is 11.3 Å². The molecule has 98 valence electrons. The van der Waals surface area contributed by atoms with Gasteiger partial charge in [-0.15, -0.1) is 10.2 Å². The van der Waals surface area contributed by atoms with Crippen LogP contribution in [0.2, 0.25) is 0 Å². The molecule has 0 saturated carbocycles. The van der Waals surface area contributed by atoms with Crippen LogP contribution in [0.5, 0.6) is 0 Å². The van der Waals surface area contributed by atoms with Gasteiger partial charge in [0, 0.05) is 12.1 Å². The first-order valence-electron chi connectivity index (χ1n) is 6.56. The van der Waals surface area contributed by atoms with Crippen LogP contribution in [0.3, 0.4) is 0 Å². The highest BCUT2D eigenvalue weighted by molar-refractivity contribution is 5.78. The molecule has 19 heavy (non-hydrogen) atoms. The predicted octanol–water partition coefficient (Wildman–Crippen LogP) is 1.70. The Morgan fingerprint density at radius 3 is 3.16 bits per heavy atom. The third-order valence-corrected chi connectivity index (χ3v) is 3.44. The first kappa shape index (κ1) is 11.9. The maximum Gasteiger partial charge on any atom is 0.223 e. The van der Waals surface area contributed by atoms with Crippen molar-refractivity contribution < 1.29 is 4.79 Å². The van der Waals surface area contributed by atoms with Gasteiger partial charge in [-0.2, -0.15) is 0 Å². The fourth-order valence-corrected chi connectivity index (χ4v) is 2.35. The van der Waals surface area contributed by atoms with E-state index in [1.165, 1.54) is 0 Å². The van der Waals surface area contributed by atoms with E-state index in [0.29, 0.717) is 6.54 Å². The third-order valence-electron chi connectivity index (χ3n) is 3.44. The predicted molar refractivity (Wildman–Crippen MR) is 71.3 cm³/mol. The van der Waals surface area contributed by atoms with Gasteiger partial charge in [0.15, 0.2) is 11.5 Å². The number of pyridine rings is 1. The highest BCUT2D eigenvalue weighted by atomic mass is 16.1. The number of aromatic nitrogens is 3. The van der Waals surface area contributed by atoms with Gasteiger partial charge in [0.25, 0.3) is 0 Å². The largest absolute Gasteiger partial charge is 0.349 e. The number of hydrogen-bond acceptors (Lipinski definition) is 3. The van der Waals surface area contributed by atoms with Gasteiger partial charge in [-0.05, 0) is 31.4 Å². The molecule has 1 aliphatic rings. The minimum atomic E-state index is 0.101. The average molecular weight is 256 g/mol. The molecule has 2 aromatic rings. The second-order valence-electron chi connectivity index (χ2n) is 4.74. The fourth-order valence-electron chi connectivity index (χ4n) is 2.35. The molecule has 3 rings (SSSR count). The van der Waals surface area contributed by atoms with Crippen LogP contribution in [0.1, 0.15) is 25.1 Å². The number of allylic oxidation sites excluding steroid dienone is 2. The summed E-state index contributed by atoms with van der Waals surface area (Å²) in [4.78, 5) is 12.0. The molecule has 2 aromatic heterocycles. The van der Waals surface area contributed by atoms with Crippen LogP contribution < -0.4 is 5.32 Å². The molecule has 1 aliphatic carbocycles. The lowest BCUT2D eigenvalue weighted by Gasteiger charge is -2.16. The number of amides is 1. The van der Waals surface area contributed by atoms with E-state index in [4.69, 9.17) is 0 Å². The SMILES string of the molecule is O=C(NCc1nnc2ccccn12)C1CC=CCC1. The monoisotopic (exact) mass is 256 g/mol. The average Bonchev–Trinajstić information content (AvgIpc) is 2.89. The third kappa shape index (κ3) is 2.50. The Kier molecular flexibility index (Phi) is 3.27. The summed E-state index contributed by atoms with van der Waals surface area (Å²) in [5, 5.41) is 11.1. The molecule has 0 spiro atoms. The minimum absolute atomic E-state index is 0.101. The first-order chi connectivity index (χ1) is 9.34. The zero-order chi connectivity index (χ0) is 13.1. The van der Waals surface area contributed by atoms with Gasteiger partial charge in [-0.1, -0.05) is 18.2 Å². The van der Waals surface area contributed by atoms with Crippen molar-refractivity contribution in [3.8, 4) is 0 Å². The molecule has 0 aromatic carbocycles. The number of carbonyl (C=O) groups is 1. The normalized spacial score (nSPS) is 18.6. The van der Waals surface area contributed by atoms with E-state index in [1.54, 1.807) is 0 Å². The van der Waals surface area contributed by atoms with Gasteiger partial charge in [0.2, 0.25) is 5.91 Å². The molecule has 0 radical (unpaired) electrons. The van der Waals surface area contributed by atoms with E-state index in [-0.39, 0.29) is 11.8 Å². The molecule has 0 saturated heterocycles. The lowest BCUT2D eigenvalue weighted by atomic mass is 9.94. The van der Waals surface area contributed by atoms with Crippen molar-refractivity contribution in [1.29, 1.82) is 0 Å². The van der Waals surface area contributed by atoms with Gasteiger partial charge in [-0.25, -0.2) is 0 Å². The van der Waals surface area contributed by atoms with Gasteiger partial charge in [0.05, 0.1) is 6.54 Å². The van der Waals surface area contributed by atoms with Crippen LogP contribution >= 0.6 is 0 Å². The van der Waals surface area contributed by atoms with Crippen molar-refractivity contribution in [2.45, 2.75) is 25.8 Å². The highest BCUT2D eigenvalue weighted by Gasteiger charge is 2.18. The van der Waals surface area contributed by atoms with Crippen LogP contribution in [0.4, 0.5) is 0 Å². The lowest BCUT2D eigenvalue weighted by molar-refractivity contribution is -0.125. The molecule has 0 bridgehead atoms. The molecule has 1 atom stereocenters.